The maximum Gasteiger partial charge on any atom is 0.302 e. The van der Waals surface area contributed by atoms with Crippen molar-refractivity contribution in [1.29, 1.82) is 0 Å². The second kappa shape index (κ2) is 4.85. The summed E-state index contributed by atoms with van der Waals surface area (Å²) in [6, 6.07) is 9.03. The summed E-state index contributed by atoms with van der Waals surface area (Å²) in [6.45, 7) is 1.58. The second-order valence-corrected chi connectivity index (χ2v) is 5.75. The van der Waals surface area contributed by atoms with Gasteiger partial charge in [0.2, 0.25) is 21.7 Å². The summed E-state index contributed by atoms with van der Waals surface area (Å²) < 4.78 is 29.2. The molecule has 7 heteroatoms. The number of aromatic nitrogens is 1. The Hall–Kier alpha value is -2.15. The van der Waals surface area contributed by atoms with Crippen molar-refractivity contribution in [3.63, 3.8) is 0 Å². The standard InChI is InChI=1S/C12H12N2O4S/c1-8-10(11(15)14-19(2,16)17)18-12(13-8)9-6-4-3-5-7-9/h3-7H,1-2H3,(H,14,15). The predicted octanol–water partition coefficient (Wildman–Crippen LogP) is 1.34. The van der Waals surface area contributed by atoms with Crippen LogP contribution in [0.2, 0.25) is 0 Å². The monoisotopic (exact) mass is 280 g/mol. The molecule has 6 nitrogen and oxygen atoms in total. The van der Waals surface area contributed by atoms with E-state index in [0.29, 0.717) is 11.3 Å². The van der Waals surface area contributed by atoms with Crippen LogP contribution >= 0.6 is 0 Å². The minimum atomic E-state index is -3.63. The highest BCUT2D eigenvalue weighted by Crippen LogP contribution is 2.21. The van der Waals surface area contributed by atoms with Crippen LogP contribution < -0.4 is 4.72 Å². The number of rotatable bonds is 3. The minimum Gasteiger partial charge on any atom is -0.431 e. The third-order valence-corrected chi connectivity index (χ3v) is 2.86. The first-order valence-electron chi connectivity index (χ1n) is 5.42. The van der Waals surface area contributed by atoms with Crippen LogP contribution in [0, 0.1) is 6.92 Å². The van der Waals surface area contributed by atoms with Crippen molar-refractivity contribution in [2.45, 2.75) is 6.92 Å². The van der Waals surface area contributed by atoms with Gasteiger partial charge in [0.05, 0.1) is 11.9 Å². The number of hydrogen-bond acceptors (Lipinski definition) is 5. The Balaban J connectivity index is 2.35. The molecule has 100 valence electrons. The van der Waals surface area contributed by atoms with E-state index in [9.17, 15) is 13.2 Å². The molecule has 1 N–H and O–H groups in total. The van der Waals surface area contributed by atoms with Gasteiger partial charge >= 0.3 is 5.91 Å². The van der Waals surface area contributed by atoms with Crippen molar-refractivity contribution in [2.75, 3.05) is 6.26 Å². The van der Waals surface area contributed by atoms with Gasteiger partial charge in [0.1, 0.15) is 0 Å². The van der Waals surface area contributed by atoms with Gasteiger partial charge in [-0.1, -0.05) is 18.2 Å². The van der Waals surface area contributed by atoms with Gasteiger partial charge in [0, 0.05) is 5.56 Å². The zero-order valence-electron chi connectivity index (χ0n) is 10.4. The normalized spacial score (nSPS) is 11.3. The molecule has 1 amide bonds. The van der Waals surface area contributed by atoms with Crippen molar-refractivity contribution in [3.05, 3.63) is 41.8 Å². The average molecular weight is 280 g/mol. The van der Waals surface area contributed by atoms with E-state index in [2.05, 4.69) is 4.98 Å². The van der Waals surface area contributed by atoms with Gasteiger partial charge in [-0.2, -0.15) is 0 Å². The van der Waals surface area contributed by atoms with Gasteiger partial charge in [0.25, 0.3) is 0 Å². The van der Waals surface area contributed by atoms with E-state index in [1.54, 1.807) is 19.1 Å². The predicted molar refractivity (Wildman–Crippen MR) is 69.0 cm³/mol. The number of aryl methyl sites for hydroxylation is 1. The molecule has 1 aromatic carbocycles. The van der Waals surface area contributed by atoms with Crippen LogP contribution in [0.15, 0.2) is 34.7 Å². The van der Waals surface area contributed by atoms with Gasteiger partial charge in [-0.3, -0.25) is 4.79 Å². The lowest BCUT2D eigenvalue weighted by Gasteiger charge is -1.99. The topological polar surface area (TPSA) is 89.3 Å². The second-order valence-electron chi connectivity index (χ2n) is 4.00. The largest absolute Gasteiger partial charge is 0.431 e. The molecular formula is C12H12N2O4S. The van der Waals surface area contributed by atoms with Crippen LogP contribution in [0.1, 0.15) is 16.2 Å². The molecule has 1 heterocycles. The fourth-order valence-electron chi connectivity index (χ4n) is 1.53. The zero-order valence-corrected chi connectivity index (χ0v) is 11.2. The molecule has 0 aliphatic rings. The van der Waals surface area contributed by atoms with Crippen molar-refractivity contribution in [2.24, 2.45) is 0 Å². The SMILES string of the molecule is Cc1nc(-c2ccccc2)oc1C(=O)NS(C)(=O)=O. The molecule has 0 saturated heterocycles. The summed E-state index contributed by atoms with van der Waals surface area (Å²) in [4.78, 5) is 15.8. The summed E-state index contributed by atoms with van der Waals surface area (Å²) in [5, 5.41) is 0. The molecule has 0 radical (unpaired) electrons. The molecule has 0 unspecified atom stereocenters. The summed E-state index contributed by atoms with van der Waals surface area (Å²) in [6.07, 6.45) is 0.898. The first kappa shape index (κ1) is 13.3. The Bertz CT molecular complexity index is 705. The highest BCUT2D eigenvalue weighted by molar-refractivity contribution is 7.89. The van der Waals surface area contributed by atoms with E-state index >= 15 is 0 Å². The maximum atomic E-state index is 11.7. The third-order valence-electron chi connectivity index (χ3n) is 2.30. The molecule has 0 saturated carbocycles. The summed E-state index contributed by atoms with van der Waals surface area (Å²) in [7, 11) is -3.63. The highest BCUT2D eigenvalue weighted by atomic mass is 32.2. The van der Waals surface area contributed by atoms with Crippen molar-refractivity contribution < 1.29 is 17.6 Å². The van der Waals surface area contributed by atoms with E-state index in [1.165, 1.54) is 0 Å². The quantitative estimate of drug-likeness (QED) is 0.916. The Morgan fingerprint density at radius 2 is 1.89 bits per heavy atom. The van der Waals surface area contributed by atoms with E-state index in [-0.39, 0.29) is 11.7 Å². The first-order valence-corrected chi connectivity index (χ1v) is 7.31. The third kappa shape index (κ3) is 3.19. The molecule has 0 spiro atoms. The van der Waals surface area contributed by atoms with Crippen molar-refractivity contribution >= 4 is 15.9 Å². The Labute approximate surface area is 110 Å². The van der Waals surface area contributed by atoms with Crippen LogP contribution in [-0.2, 0) is 10.0 Å². The molecular weight excluding hydrogens is 268 g/mol. The number of nitrogens with zero attached hydrogens (tertiary/aromatic N) is 1. The molecule has 0 bridgehead atoms. The molecule has 1 aromatic heterocycles. The molecule has 0 fully saturated rings. The van der Waals surface area contributed by atoms with Crippen LogP contribution in [0.25, 0.3) is 11.5 Å². The van der Waals surface area contributed by atoms with Crippen LogP contribution in [0.3, 0.4) is 0 Å². The van der Waals surface area contributed by atoms with Gasteiger partial charge in [0.15, 0.2) is 0 Å². The Morgan fingerprint density at radius 1 is 1.26 bits per heavy atom. The fourth-order valence-corrected chi connectivity index (χ4v) is 1.96. The average Bonchev–Trinajstić information content (AvgIpc) is 2.70. The van der Waals surface area contributed by atoms with Gasteiger partial charge in [-0.15, -0.1) is 0 Å². The molecule has 19 heavy (non-hydrogen) atoms. The molecule has 2 rings (SSSR count). The Kier molecular flexibility index (Phi) is 3.39. The van der Waals surface area contributed by atoms with Crippen molar-refractivity contribution in [3.8, 4) is 11.5 Å². The maximum absolute atomic E-state index is 11.7. The van der Waals surface area contributed by atoms with E-state index in [0.717, 1.165) is 6.26 Å². The number of sulfonamides is 1. The summed E-state index contributed by atoms with van der Waals surface area (Å²) in [5.41, 5.74) is 1.05. The fraction of sp³-hybridized carbons (Fsp3) is 0.167. The summed E-state index contributed by atoms with van der Waals surface area (Å²) in [5.74, 6) is -0.657. The minimum absolute atomic E-state index is 0.107. The van der Waals surface area contributed by atoms with Gasteiger partial charge in [-0.25, -0.2) is 18.1 Å². The van der Waals surface area contributed by atoms with Crippen LogP contribution in [-0.4, -0.2) is 25.6 Å². The number of oxazole rings is 1. The smallest absolute Gasteiger partial charge is 0.302 e. The Morgan fingerprint density at radius 3 is 2.47 bits per heavy atom. The van der Waals surface area contributed by atoms with E-state index < -0.39 is 15.9 Å². The number of hydrogen-bond donors (Lipinski definition) is 1. The van der Waals surface area contributed by atoms with E-state index in [4.69, 9.17) is 4.42 Å². The van der Waals surface area contributed by atoms with Gasteiger partial charge in [-0.05, 0) is 19.1 Å². The number of carbonyl (C=O) groups is 1. The van der Waals surface area contributed by atoms with Gasteiger partial charge < -0.3 is 4.42 Å². The van der Waals surface area contributed by atoms with E-state index in [1.807, 2.05) is 22.9 Å². The molecule has 2 aromatic rings. The number of carbonyl (C=O) groups excluding carboxylic acids is 1. The highest BCUT2D eigenvalue weighted by Gasteiger charge is 2.20. The van der Waals surface area contributed by atoms with Crippen molar-refractivity contribution in [1.82, 2.24) is 9.71 Å². The van der Waals surface area contributed by atoms with Crippen LogP contribution in [0.5, 0.6) is 0 Å². The molecule has 0 aliphatic heterocycles. The first-order chi connectivity index (χ1) is 8.87. The lowest BCUT2D eigenvalue weighted by molar-refractivity contribution is 0.0954. The summed E-state index contributed by atoms with van der Waals surface area (Å²) >= 11 is 0. The number of amides is 1. The lowest BCUT2D eigenvalue weighted by atomic mass is 10.2. The molecule has 0 atom stereocenters. The number of benzene rings is 1. The lowest BCUT2D eigenvalue weighted by Crippen LogP contribution is -2.29. The molecule has 0 aliphatic carbocycles. The number of nitrogens with one attached hydrogen (secondary N) is 1. The zero-order chi connectivity index (χ0) is 14.0. The van der Waals surface area contributed by atoms with Crippen LogP contribution in [0.4, 0.5) is 0 Å².